The Morgan fingerprint density at radius 2 is 1.86 bits per heavy atom. The smallest absolute Gasteiger partial charge is 0.234 e. The minimum atomic E-state index is -0.844. The number of nitrogens with zero attached hydrogens (tertiary/aromatic N) is 1. The third-order valence-electron chi connectivity index (χ3n) is 5.48. The van der Waals surface area contributed by atoms with Gasteiger partial charge in [-0.25, -0.2) is 0 Å². The van der Waals surface area contributed by atoms with E-state index in [4.69, 9.17) is 4.74 Å². The molecule has 3 rings (SSSR count). The number of aryl methyl sites for hydroxylation is 1. The maximum atomic E-state index is 12.3. The van der Waals surface area contributed by atoms with Crippen molar-refractivity contribution in [1.82, 2.24) is 10.2 Å². The molecule has 5 heteroatoms. The van der Waals surface area contributed by atoms with Crippen molar-refractivity contribution in [2.45, 2.75) is 38.2 Å². The Morgan fingerprint density at radius 3 is 2.62 bits per heavy atom. The number of amides is 1. The van der Waals surface area contributed by atoms with Gasteiger partial charge in [-0.3, -0.25) is 9.69 Å². The number of benzene rings is 2. The van der Waals surface area contributed by atoms with Crippen LogP contribution in [0.3, 0.4) is 0 Å². The zero-order valence-electron chi connectivity index (χ0n) is 17.3. The first-order chi connectivity index (χ1) is 14.0. The molecule has 156 valence electrons. The Balaban J connectivity index is 1.39. The molecular formula is C24H32N2O3. The summed E-state index contributed by atoms with van der Waals surface area (Å²) in [6.07, 6.45) is 2.98. The van der Waals surface area contributed by atoms with Gasteiger partial charge in [0.15, 0.2) is 0 Å². The van der Waals surface area contributed by atoms with Crippen molar-refractivity contribution >= 4 is 5.91 Å². The maximum absolute atomic E-state index is 12.3. The molecule has 0 saturated carbocycles. The van der Waals surface area contributed by atoms with Gasteiger partial charge in [-0.1, -0.05) is 48.0 Å². The molecule has 0 spiro atoms. The van der Waals surface area contributed by atoms with Crippen LogP contribution >= 0.6 is 0 Å². The normalized spacial score (nSPS) is 20.1. The molecule has 0 bridgehead atoms. The van der Waals surface area contributed by atoms with E-state index < -0.39 is 5.60 Å². The highest BCUT2D eigenvalue weighted by Crippen LogP contribution is 2.24. The molecule has 1 aliphatic rings. The van der Waals surface area contributed by atoms with Gasteiger partial charge in [-0.15, -0.1) is 0 Å². The van der Waals surface area contributed by atoms with E-state index >= 15 is 0 Å². The van der Waals surface area contributed by atoms with Crippen molar-refractivity contribution < 1.29 is 14.6 Å². The van der Waals surface area contributed by atoms with Crippen LogP contribution < -0.4 is 10.1 Å². The third kappa shape index (κ3) is 7.18. The van der Waals surface area contributed by atoms with E-state index in [2.05, 4.69) is 22.3 Å². The van der Waals surface area contributed by atoms with E-state index in [1.165, 1.54) is 11.1 Å². The van der Waals surface area contributed by atoms with Crippen molar-refractivity contribution in [3.05, 3.63) is 65.7 Å². The average molecular weight is 397 g/mol. The summed E-state index contributed by atoms with van der Waals surface area (Å²) in [6, 6.07) is 18.0. The van der Waals surface area contributed by atoms with Crippen LogP contribution in [0.1, 0.15) is 30.4 Å². The van der Waals surface area contributed by atoms with Crippen LogP contribution in [0.15, 0.2) is 54.6 Å². The molecule has 2 aromatic rings. The second-order valence-corrected chi connectivity index (χ2v) is 8.04. The topological polar surface area (TPSA) is 61.8 Å². The fourth-order valence-electron chi connectivity index (χ4n) is 3.64. The molecule has 1 amide bonds. The molecule has 2 N–H and O–H groups in total. The summed E-state index contributed by atoms with van der Waals surface area (Å²) in [5.41, 5.74) is 1.56. The van der Waals surface area contributed by atoms with Crippen LogP contribution in [-0.4, -0.2) is 54.3 Å². The minimum absolute atomic E-state index is 0.0438. The lowest BCUT2D eigenvalue weighted by molar-refractivity contribution is -0.122. The maximum Gasteiger partial charge on any atom is 0.234 e. The summed E-state index contributed by atoms with van der Waals surface area (Å²) in [5, 5.41) is 13.9. The molecule has 5 nitrogen and oxygen atoms in total. The van der Waals surface area contributed by atoms with Gasteiger partial charge in [0.1, 0.15) is 12.4 Å². The summed E-state index contributed by atoms with van der Waals surface area (Å²) in [6.45, 7) is 4.86. The highest BCUT2D eigenvalue weighted by Gasteiger charge is 2.31. The lowest BCUT2D eigenvalue weighted by Gasteiger charge is -2.27. The molecule has 29 heavy (non-hydrogen) atoms. The highest BCUT2D eigenvalue weighted by molar-refractivity contribution is 5.78. The number of aliphatic hydroxyl groups is 1. The molecule has 1 unspecified atom stereocenters. The molecule has 2 aromatic carbocycles. The first kappa shape index (κ1) is 21.3. The van der Waals surface area contributed by atoms with Crippen LogP contribution in [0.4, 0.5) is 0 Å². The molecular weight excluding hydrogens is 364 g/mol. The van der Waals surface area contributed by atoms with Crippen molar-refractivity contribution in [3.63, 3.8) is 0 Å². The van der Waals surface area contributed by atoms with Crippen molar-refractivity contribution in [3.8, 4) is 5.75 Å². The van der Waals surface area contributed by atoms with Gasteiger partial charge < -0.3 is 15.2 Å². The van der Waals surface area contributed by atoms with Crippen LogP contribution in [0.2, 0.25) is 0 Å². The van der Waals surface area contributed by atoms with E-state index in [0.29, 0.717) is 32.5 Å². The largest absolute Gasteiger partial charge is 0.491 e. The second-order valence-electron chi connectivity index (χ2n) is 8.04. The number of ether oxygens (including phenoxy) is 1. The van der Waals surface area contributed by atoms with Crippen molar-refractivity contribution in [2.75, 3.05) is 32.8 Å². The van der Waals surface area contributed by atoms with Crippen molar-refractivity contribution in [2.24, 2.45) is 0 Å². The first-order valence-corrected chi connectivity index (χ1v) is 10.5. The van der Waals surface area contributed by atoms with Gasteiger partial charge in [0.25, 0.3) is 0 Å². The predicted octanol–water partition coefficient (Wildman–Crippen LogP) is 2.95. The van der Waals surface area contributed by atoms with Gasteiger partial charge in [0.05, 0.1) is 12.1 Å². The van der Waals surface area contributed by atoms with Gasteiger partial charge >= 0.3 is 0 Å². The number of carbonyl (C=O) groups excluding carboxylic acids is 1. The lowest BCUT2D eigenvalue weighted by atomic mass is 9.96. The number of likely N-dealkylation sites (tertiary alicyclic amines) is 1. The number of hydrogen-bond acceptors (Lipinski definition) is 4. The zero-order valence-corrected chi connectivity index (χ0v) is 17.3. The molecule has 1 saturated heterocycles. The van der Waals surface area contributed by atoms with Gasteiger partial charge in [0, 0.05) is 13.1 Å². The van der Waals surface area contributed by atoms with Gasteiger partial charge in [-0.05, 0) is 56.8 Å². The van der Waals surface area contributed by atoms with E-state index in [1.807, 2.05) is 49.4 Å². The monoisotopic (exact) mass is 396 g/mol. The predicted molar refractivity (Wildman–Crippen MR) is 115 cm³/mol. The number of carbonyl (C=O) groups is 1. The first-order valence-electron chi connectivity index (χ1n) is 10.5. The molecule has 1 aliphatic heterocycles. The summed E-state index contributed by atoms with van der Waals surface area (Å²) >= 11 is 0. The van der Waals surface area contributed by atoms with Crippen LogP contribution in [0, 0.1) is 6.92 Å². The highest BCUT2D eigenvalue weighted by atomic mass is 16.5. The van der Waals surface area contributed by atoms with Crippen LogP contribution in [-0.2, 0) is 11.2 Å². The molecule has 1 atom stereocenters. The zero-order chi connectivity index (χ0) is 20.5. The van der Waals surface area contributed by atoms with E-state index in [9.17, 15) is 9.90 Å². The van der Waals surface area contributed by atoms with Gasteiger partial charge in [0.2, 0.25) is 5.91 Å². The SMILES string of the molecule is Cc1ccc(OCC2(O)CCCN(CC(=O)NCCc3ccccc3)CC2)cc1. The molecule has 0 radical (unpaired) electrons. The van der Waals surface area contributed by atoms with E-state index in [1.54, 1.807) is 0 Å². The van der Waals surface area contributed by atoms with Gasteiger partial charge in [-0.2, -0.15) is 0 Å². The van der Waals surface area contributed by atoms with Crippen LogP contribution in [0.25, 0.3) is 0 Å². The van der Waals surface area contributed by atoms with E-state index in [-0.39, 0.29) is 12.5 Å². The summed E-state index contributed by atoms with van der Waals surface area (Å²) in [5.74, 6) is 0.824. The Kier molecular flexibility index (Phi) is 7.67. The van der Waals surface area contributed by atoms with Crippen LogP contribution in [0.5, 0.6) is 5.75 Å². The Bertz CT molecular complexity index is 763. The Labute approximate surface area is 173 Å². The fraction of sp³-hybridized carbons (Fsp3) is 0.458. The minimum Gasteiger partial charge on any atom is -0.491 e. The summed E-state index contributed by atoms with van der Waals surface area (Å²) in [7, 11) is 0. The Hall–Kier alpha value is -2.37. The number of rotatable bonds is 8. The standard InChI is InChI=1S/C24H32N2O3/c1-20-8-10-22(11-9-20)29-19-24(28)13-5-16-26(17-14-24)18-23(27)25-15-12-21-6-3-2-4-7-21/h2-4,6-11,28H,5,12-19H2,1H3,(H,25,27). The molecule has 1 heterocycles. The summed E-state index contributed by atoms with van der Waals surface area (Å²) < 4.78 is 5.82. The average Bonchev–Trinajstić information content (AvgIpc) is 2.90. The second kappa shape index (κ2) is 10.4. The molecule has 0 aliphatic carbocycles. The van der Waals surface area contributed by atoms with Crippen molar-refractivity contribution in [1.29, 1.82) is 0 Å². The number of hydrogen-bond donors (Lipinski definition) is 2. The Morgan fingerprint density at radius 1 is 1.10 bits per heavy atom. The number of nitrogens with one attached hydrogen (secondary N) is 1. The summed E-state index contributed by atoms with van der Waals surface area (Å²) in [4.78, 5) is 14.4. The fourth-order valence-corrected chi connectivity index (χ4v) is 3.64. The molecule has 1 fully saturated rings. The van der Waals surface area contributed by atoms with E-state index in [0.717, 1.165) is 25.1 Å². The lowest BCUT2D eigenvalue weighted by Crippen LogP contribution is -2.40. The third-order valence-corrected chi connectivity index (χ3v) is 5.48. The quantitative estimate of drug-likeness (QED) is 0.720. The molecule has 0 aromatic heterocycles.